The van der Waals surface area contributed by atoms with Gasteiger partial charge in [-0.25, -0.2) is 4.98 Å². The molecule has 0 spiro atoms. The highest BCUT2D eigenvalue weighted by Crippen LogP contribution is 2.36. The van der Waals surface area contributed by atoms with Crippen molar-refractivity contribution in [3.63, 3.8) is 0 Å². The lowest BCUT2D eigenvalue weighted by atomic mass is 10.3. The minimum atomic E-state index is -0.504. The highest BCUT2D eigenvalue weighted by molar-refractivity contribution is 7.99. The summed E-state index contributed by atoms with van der Waals surface area (Å²) in [4.78, 5) is 29.2. The smallest absolute Gasteiger partial charge is 0.271 e. The van der Waals surface area contributed by atoms with Crippen molar-refractivity contribution in [2.45, 2.75) is 11.9 Å². The summed E-state index contributed by atoms with van der Waals surface area (Å²) in [7, 11) is 0. The number of non-ortho nitro benzene ring substituents is 1. The van der Waals surface area contributed by atoms with Crippen molar-refractivity contribution in [3.8, 4) is 20.5 Å². The van der Waals surface area contributed by atoms with E-state index in [-0.39, 0.29) is 17.3 Å². The van der Waals surface area contributed by atoms with Gasteiger partial charge in [-0.15, -0.1) is 32.9 Å². The van der Waals surface area contributed by atoms with E-state index < -0.39 is 4.92 Å². The monoisotopic (exact) mass is 469 g/mol. The van der Waals surface area contributed by atoms with Gasteiger partial charge < -0.3 is 5.32 Å². The summed E-state index contributed by atoms with van der Waals surface area (Å²) < 4.78 is 0. The van der Waals surface area contributed by atoms with E-state index in [2.05, 4.69) is 20.5 Å². The molecule has 0 saturated heterocycles. The molecule has 3 aromatic heterocycles. The zero-order chi connectivity index (χ0) is 21.8. The van der Waals surface area contributed by atoms with Gasteiger partial charge in [-0.2, -0.15) is 0 Å². The minimum absolute atomic E-state index is 0.0764. The first kappa shape index (κ1) is 21.1. The summed E-state index contributed by atoms with van der Waals surface area (Å²) in [5.74, 6) is -0.172. The van der Waals surface area contributed by atoms with Gasteiger partial charge in [0.15, 0.2) is 0 Å². The highest BCUT2D eigenvalue weighted by Gasteiger charge is 2.14. The Bertz CT molecular complexity index is 1220. The number of benzene rings is 1. The van der Waals surface area contributed by atoms with E-state index in [9.17, 15) is 14.9 Å². The molecule has 8 nitrogen and oxygen atoms in total. The number of anilines is 1. The maximum atomic E-state index is 12.2. The lowest BCUT2D eigenvalue weighted by Gasteiger charge is -2.05. The van der Waals surface area contributed by atoms with Gasteiger partial charge >= 0.3 is 0 Å². The first-order valence-corrected chi connectivity index (χ1v) is 11.7. The first-order valence-electron chi connectivity index (χ1n) is 9.02. The van der Waals surface area contributed by atoms with E-state index in [4.69, 9.17) is 0 Å². The number of nitro groups is 1. The Morgan fingerprint density at radius 2 is 2.06 bits per heavy atom. The molecule has 31 heavy (non-hydrogen) atoms. The molecule has 1 aromatic carbocycles. The Kier molecular flexibility index (Phi) is 6.35. The number of hydrogen-bond donors (Lipinski definition) is 1. The van der Waals surface area contributed by atoms with E-state index in [0.29, 0.717) is 10.7 Å². The SMILES string of the molecule is Cc1nc(-c2cccs2)sc1-c1ccc(SCC(=O)Nc2cccc([N+](=O)[O-])c2)nn1. The molecule has 0 fully saturated rings. The Morgan fingerprint density at radius 1 is 1.19 bits per heavy atom. The molecule has 0 unspecified atom stereocenters. The minimum Gasteiger partial charge on any atom is -0.325 e. The molecule has 4 rings (SSSR count). The number of rotatable bonds is 7. The van der Waals surface area contributed by atoms with Gasteiger partial charge in [0.2, 0.25) is 5.91 Å². The van der Waals surface area contributed by atoms with E-state index >= 15 is 0 Å². The van der Waals surface area contributed by atoms with Gasteiger partial charge in [-0.1, -0.05) is 23.9 Å². The largest absolute Gasteiger partial charge is 0.325 e. The number of thiophene rings is 1. The fourth-order valence-electron chi connectivity index (χ4n) is 2.69. The van der Waals surface area contributed by atoms with Gasteiger partial charge in [0.25, 0.3) is 5.69 Å². The third-order valence-electron chi connectivity index (χ3n) is 4.09. The van der Waals surface area contributed by atoms with Crippen molar-refractivity contribution in [2.75, 3.05) is 11.1 Å². The van der Waals surface area contributed by atoms with Crippen LogP contribution in [0, 0.1) is 17.0 Å². The average Bonchev–Trinajstić information content (AvgIpc) is 3.43. The van der Waals surface area contributed by atoms with E-state index in [1.54, 1.807) is 28.7 Å². The molecule has 156 valence electrons. The number of carbonyl (C=O) groups excluding carboxylic acids is 1. The number of aryl methyl sites for hydroxylation is 1. The second kappa shape index (κ2) is 9.33. The van der Waals surface area contributed by atoms with Crippen molar-refractivity contribution in [1.29, 1.82) is 0 Å². The number of carbonyl (C=O) groups is 1. The summed E-state index contributed by atoms with van der Waals surface area (Å²) in [5, 5.41) is 25.6. The number of hydrogen-bond acceptors (Lipinski definition) is 9. The molecule has 0 saturated carbocycles. The number of nitrogens with zero attached hydrogens (tertiary/aromatic N) is 4. The molecule has 0 aliphatic heterocycles. The Labute approximate surface area is 189 Å². The fourth-order valence-corrected chi connectivity index (χ4v) is 5.13. The van der Waals surface area contributed by atoms with Gasteiger partial charge in [-0.3, -0.25) is 14.9 Å². The lowest BCUT2D eigenvalue weighted by molar-refractivity contribution is -0.384. The molecule has 0 radical (unpaired) electrons. The summed E-state index contributed by atoms with van der Waals surface area (Å²) in [5.41, 5.74) is 1.94. The maximum Gasteiger partial charge on any atom is 0.271 e. The van der Waals surface area contributed by atoms with Gasteiger partial charge in [0.1, 0.15) is 15.7 Å². The molecule has 0 bridgehead atoms. The second-order valence-electron chi connectivity index (χ2n) is 6.31. The van der Waals surface area contributed by atoms with Crippen molar-refractivity contribution in [3.05, 3.63) is 69.7 Å². The number of amides is 1. The number of thioether (sulfide) groups is 1. The van der Waals surface area contributed by atoms with Crippen molar-refractivity contribution in [2.24, 2.45) is 0 Å². The summed E-state index contributed by atoms with van der Waals surface area (Å²) in [6.07, 6.45) is 0. The van der Waals surface area contributed by atoms with Crippen LogP contribution in [0.1, 0.15) is 5.69 Å². The Hall–Kier alpha value is -3.15. The van der Waals surface area contributed by atoms with Crippen LogP contribution in [-0.2, 0) is 4.79 Å². The molecular weight excluding hydrogens is 454 g/mol. The van der Waals surface area contributed by atoms with Crippen LogP contribution in [0.5, 0.6) is 0 Å². The van der Waals surface area contributed by atoms with E-state index in [0.717, 1.165) is 26.1 Å². The standard InChI is InChI=1S/C20H15N5O3S3/c1-12-19(31-20(21-12)16-6-3-9-29-16)15-7-8-18(24-23-15)30-11-17(26)22-13-4-2-5-14(10-13)25(27)28/h2-10H,11H2,1H3,(H,22,26). The molecule has 1 amide bonds. The number of nitro benzene ring substituents is 1. The number of nitrogens with one attached hydrogen (secondary N) is 1. The molecule has 0 aliphatic rings. The predicted octanol–water partition coefficient (Wildman–Crippen LogP) is 5.28. The number of thiazole rings is 1. The molecule has 3 heterocycles. The zero-order valence-corrected chi connectivity index (χ0v) is 18.6. The lowest BCUT2D eigenvalue weighted by Crippen LogP contribution is -2.14. The maximum absolute atomic E-state index is 12.2. The van der Waals surface area contributed by atoms with E-state index in [1.807, 2.05) is 36.6 Å². The average molecular weight is 470 g/mol. The molecule has 0 atom stereocenters. The summed E-state index contributed by atoms with van der Waals surface area (Å²) >= 11 is 4.46. The van der Waals surface area contributed by atoms with Crippen molar-refractivity contribution >= 4 is 51.7 Å². The van der Waals surface area contributed by atoms with Crippen LogP contribution >= 0.6 is 34.4 Å². The Morgan fingerprint density at radius 3 is 2.77 bits per heavy atom. The van der Waals surface area contributed by atoms with Crippen molar-refractivity contribution < 1.29 is 9.72 Å². The van der Waals surface area contributed by atoms with Crippen LogP contribution in [0.3, 0.4) is 0 Å². The number of aromatic nitrogens is 3. The van der Waals surface area contributed by atoms with Crippen LogP contribution in [0.25, 0.3) is 20.5 Å². The fraction of sp³-hybridized carbons (Fsp3) is 0.100. The Balaban J connectivity index is 1.37. The molecule has 11 heteroatoms. The molecule has 4 aromatic rings. The van der Waals surface area contributed by atoms with Crippen molar-refractivity contribution in [1.82, 2.24) is 15.2 Å². The highest BCUT2D eigenvalue weighted by atomic mass is 32.2. The topological polar surface area (TPSA) is 111 Å². The quantitative estimate of drug-likeness (QED) is 0.223. The summed E-state index contributed by atoms with van der Waals surface area (Å²) in [6, 6.07) is 13.5. The van der Waals surface area contributed by atoms with Gasteiger partial charge in [0.05, 0.1) is 26.1 Å². The zero-order valence-electron chi connectivity index (χ0n) is 16.1. The third kappa shape index (κ3) is 5.13. The normalized spacial score (nSPS) is 10.7. The molecule has 1 N–H and O–H groups in total. The molecule has 0 aliphatic carbocycles. The molecular formula is C20H15N5O3S3. The van der Waals surface area contributed by atoms with E-state index in [1.165, 1.54) is 30.0 Å². The first-order chi connectivity index (χ1) is 15.0. The van der Waals surface area contributed by atoms with Gasteiger partial charge in [-0.05, 0) is 36.6 Å². The van der Waals surface area contributed by atoms with Crippen LogP contribution in [0.15, 0.2) is 58.9 Å². The van der Waals surface area contributed by atoms with Crippen LogP contribution in [0.4, 0.5) is 11.4 Å². The predicted molar refractivity (Wildman–Crippen MR) is 124 cm³/mol. The third-order valence-corrected chi connectivity index (χ3v) is 7.23. The van der Waals surface area contributed by atoms with Crippen LogP contribution < -0.4 is 5.32 Å². The summed E-state index contributed by atoms with van der Waals surface area (Å²) in [6.45, 7) is 1.95. The van der Waals surface area contributed by atoms with Crippen LogP contribution in [0.2, 0.25) is 0 Å². The van der Waals surface area contributed by atoms with Gasteiger partial charge in [0, 0.05) is 17.8 Å². The second-order valence-corrected chi connectivity index (χ2v) is 9.25. The van der Waals surface area contributed by atoms with Crippen LogP contribution in [-0.4, -0.2) is 31.8 Å².